The predicted octanol–water partition coefficient (Wildman–Crippen LogP) is 4.87. The number of nitrogens with zero attached hydrogens (tertiary/aromatic N) is 2. The third-order valence-electron chi connectivity index (χ3n) is 4.91. The summed E-state index contributed by atoms with van der Waals surface area (Å²) in [6.45, 7) is 0.602. The van der Waals surface area contributed by atoms with E-state index in [2.05, 4.69) is 33.1 Å². The summed E-state index contributed by atoms with van der Waals surface area (Å²) in [6.07, 6.45) is 1.79. The van der Waals surface area contributed by atoms with Crippen LogP contribution in [0.25, 0.3) is 32.2 Å². The molecule has 1 amide bonds. The molecule has 2 aromatic carbocycles. The Morgan fingerprint density at radius 2 is 2.04 bits per heavy atom. The number of carbonyl (C=O) groups excluding carboxylic acids is 1. The minimum Gasteiger partial charge on any atom is -0.366 e. The molecular formula is C23H16N3OS. The SMILES string of the molecule is NC(=O)c1cccc2c1c1[c]cc(-c3cccs3)cc1n2Cc1ccccn1. The molecule has 0 aliphatic carbocycles. The number of amides is 1. The minimum absolute atomic E-state index is 0.432. The van der Waals surface area contributed by atoms with Crippen molar-refractivity contribution in [3.63, 3.8) is 0 Å². The number of benzene rings is 2. The fourth-order valence-corrected chi connectivity index (χ4v) is 4.38. The number of nitrogens with two attached hydrogens (primary N) is 1. The molecule has 0 bridgehead atoms. The Morgan fingerprint density at radius 3 is 2.79 bits per heavy atom. The van der Waals surface area contributed by atoms with Gasteiger partial charge in [0.2, 0.25) is 5.91 Å². The molecule has 0 atom stereocenters. The largest absolute Gasteiger partial charge is 0.366 e. The van der Waals surface area contributed by atoms with E-state index in [1.165, 1.54) is 4.88 Å². The number of carbonyl (C=O) groups is 1. The fraction of sp³-hybridized carbons (Fsp3) is 0.0435. The fourth-order valence-electron chi connectivity index (χ4n) is 3.67. The first-order valence-electron chi connectivity index (χ1n) is 8.92. The number of aromatic nitrogens is 2. The second kappa shape index (κ2) is 6.62. The van der Waals surface area contributed by atoms with Crippen LogP contribution in [0.1, 0.15) is 16.1 Å². The van der Waals surface area contributed by atoms with Crippen molar-refractivity contribution in [3.8, 4) is 10.4 Å². The van der Waals surface area contributed by atoms with Crippen LogP contribution in [0, 0.1) is 6.07 Å². The Kier molecular flexibility index (Phi) is 3.95. The third-order valence-corrected chi connectivity index (χ3v) is 5.83. The normalized spacial score (nSPS) is 11.3. The Balaban J connectivity index is 1.83. The highest BCUT2D eigenvalue weighted by Gasteiger charge is 2.17. The van der Waals surface area contributed by atoms with Gasteiger partial charge < -0.3 is 10.3 Å². The average Bonchev–Trinajstić information content (AvgIpc) is 3.36. The summed E-state index contributed by atoms with van der Waals surface area (Å²) in [7, 11) is 0. The van der Waals surface area contributed by atoms with E-state index >= 15 is 0 Å². The van der Waals surface area contributed by atoms with Gasteiger partial charge in [-0.1, -0.05) is 18.2 Å². The van der Waals surface area contributed by atoms with Crippen LogP contribution in [0.15, 0.2) is 72.2 Å². The van der Waals surface area contributed by atoms with Gasteiger partial charge in [0, 0.05) is 27.4 Å². The minimum atomic E-state index is -0.432. The van der Waals surface area contributed by atoms with Crippen molar-refractivity contribution in [1.82, 2.24) is 9.55 Å². The summed E-state index contributed by atoms with van der Waals surface area (Å²) in [5.41, 5.74) is 10.2. The van der Waals surface area contributed by atoms with E-state index < -0.39 is 5.91 Å². The van der Waals surface area contributed by atoms with E-state index in [0.717, 1.165) is 33.1 Å². The summed E-state index contributed by atoms with van der Waals surface area (Å²) in [5, 5.41) is 3.81. The van der Waals surface area contributed by atoms with Gasteiger partial charge in [-0.2, -0.15) is 0 Å². The number of hydrogen-bond donors (Lipinski definition) is 1. The van der Waals surface area contributed by atoms with Crippen LogP contribution in [0.3, 0.4) is 0 Å². The van der Waals surface area contributed by atoms with Crippen molar-refractivity contribution >= 4 is 39.0 Å². The molecule has 0 aliphatic rings. The maximum absolute atomic E-state index is 12.1. The molecule has 135 valence electrons. The Labute approximate surface area is 165 Å². The number of fused-ring (bicyclic) bond motifs is 3. The van der Waals surface area contributed by atoms with Gasteiger partial charge in [-0.25, -0.2) is 0 Å². The second-order valence-corrected chi connectivity index (χ2v) is 7.54. The highest BCUT2D eigenvalue weighted by Crippen LogP contribution is 2.35. The van der Waals surface area contributed by atoms with Crippen molar-refractivity contribution in [2.24, 2.45) is 5.73 Å². The van der Waals surface area contributed by atoms with E-state index in [0.29, 0.717) is 12.1 Å². The lowest BCUT2D eigenvalue weighted by molar-refractivity contribution is 0.100. The van der Waals surface area contributed by atoms with Gasteiger partial charge >= 0.3 is 0 Å². The van der Waals surface area contributed by atoms with Gasteiger partial charge in [0.25, 0.3) is 0 Å². The van der Waals surface area contributed by atoms with Crippen LogP contribution in [0.2, 0.25) is 0 Å². The molecule has 3 heterocycles. The molecule has 5 rings (SSSR count). The van der Waals surface area contributed by atoms with Crippen molar-refractivity contribution in [2.45, 2.75) is 6.54 Å². The van der Waals surface area contributed by atoms with Crippen molar-refractivity contribution < 1.29 is 4.79 Å². The van der Waals surface area contributed by atoms with Gasteiger partial charge in [-0.15, -0.1) is 11.3 Å². The standard InChI is InChI=1S/C23H16N3OS/c24-23(27)18-6-3-7-19-22(18)17-10-9-15(21-8-4-12-28-21)13-20(17)26(19)14-16-5-1-2-11-25-16/h1-9,11-13H,14H2,(H2,24,27). The topological polar surface area (TPSA) is 60.9 Å². The second-order valence-electron chi connectivity index (χ2n) is 6.60. The molecule has 0 spiro atoms. The lowest BCUT2D eigenvalue weighted by atomic mass is 10.0. The van der Waals surface area contributed by atoms with E-state index in [-0.39, 0.29) is 0 Å². The van der Waals surface area contributed by atoms with Crippen molar-refractivity contribution in [1.29, 1.82) is 0 Å². The van der Waals surface area contributed by atoms with Crippen LogP contribution in [-0.2, 0) is 6.54 Å². The maximum atomic E-state index is 12.1. The summed E-state index contributed by atoms with van der Waals surface area (Å²) in [4.78, 5) is 17.7. The summed E-state index contributed by atoms with van der Waals surface area (Å²) >= 11 is 1.69. The zero-order valence-electron chi connectivity index (χ0n) is 14.9. The lowest BCUT2D eigenvalue weighted by Gasteiger charge is -2.08. The third kappa shape index (κ3) is 2.68. The number of thiophene rings is 1. The van der Waals surface area contributed by atoms with Crippen LogP contribution >= 0.6 is 11.3 Å². The molecule has 0 saturated carbocycles. The van der Waals surface area contributed by atoms with E-state index in [1.54, 1.807) is 23.6 Å². The highest BCUT2D eigenvalue weighted by molar-refractivity contribution is 7.13. The number of hydrogen-bond acceptors (Lipinski definition) is 3. The van der Waals surface area contributed by atoms with Crippen LogP contribution in [0.4, 0.5) is 0 Å². The van der Waals surface area contributed by atoms with E-state index in [1.807, 2.05) is 42.5 Å². The van der Waals surface area contributed by atoms with Gasteiger partial charge in [-0.3, -0.25) is 9.78 Å². The predicted molar refractivity (Wildman–Crippen MR) is 113 cm³/mol. The van der Waals surface area contributed by atoms with Gasteiger partial charge in [0.1, 0.15) is 0 Å². The quantitative estimate of drug-likeness (QED) is 0.482. The molecule has 3 aromatic heterocycles. The van der Waals surface area contributed by atoms with Gasteiger partial charge in [-0.05, 0) is 59.5 Å². The molecule has 5 heteroatoms. The van der Waals surface area contributed by atoms with Crippen LogP contribution < -0.4 is 5.73 Å². The molecule has 5 aromatic rings. The molecule has 2 N–H and O–H groups in total. The van der Waals surface area contributed by atoms with Crippen molar-refractivity contribution in [3.05, 3.63) is 89.6 Å². The molecule has 1 radical (unpaired) electrons. The molecular weight excluding hydrogens is 366 g/mol. The maximum Gasteiger partial charge on any atom is 0.249 e. The molecule has 0 saturated heterocycles. The van der Waals surface area contributed by atoms with Crippen molar-refractivity contribution in [2.75, 3.05) is 0 Å². The average molecular weight is 382 g/mol. The molecule has 0 unspecified atom stereocenters. The smallest absolute Gasteiger partial charge is 0.249 e. The Bertz CT molecular complexity index is 1300. The first-order valence-corrected chi connectivity index (χ1v) is 9.80. The Morgan fingerprint density at radius 1 is 1.11 bits per heavy atom. The van der Waals surface area contributed by atoms with E-state index in [9.17, 15) is 4.79 Å². The number of rotatable bonds is 4. The molecule has 0 fully saturated rings. The zero-order valence-corrected chi connectivity index (χ0v) is 15.7. The summed E-state index contributed by atoms with van der Waals surface area (Å²) in [6, 6.07) is 23.2. The summed E-state index contributed by atoms with van der Waals surface area (Å²) < 4.78 is 2.19. The molecule has 0 aliphatic heterocycles. The number of pyridine rings is 1. The van der Waals surface area contributed by atoms with Crippen LogP contribution in [0.5, 0.6) is 0 Å². The van der Waals surface area contributed by atoms with Gasteiger partial charge in [0.15, 0.2) is 0 Å². The highest BCUT2D eigenvalue weighted by atomic mass is 32.1. The molecule has 4 nitrogen and oxygen atoms in total. The summed E-state index contributed by atoms with van der Waals surface area (Å²) in [5.74, 6) is -0.432. The lowest BCUT2D eigenvalue weighted by Crippen LogP contribution is -2.11. The Hall–Kier alpha value is -3.44. The molecule has 28 heavy (non-hydrogen) atoms. The van der Waals surface area contributed by atoms with E-state index in [4.69, 9.17) is 5.73 Å². The number of primary amides is 1. The first kappa shape index (κ1) is 16.7. The zero-order chi connectivity index (χ0) is 19.1. The first-order chi connectivity index (χ1) is 13.7. The van der Waals surface area contributed by atoms with Crippen LogP contribution in [-0.4, -0.2) is 15.5 Å². The van der Waals surface area contributed by atoms with Gasteiger partial charge in [0.05, 0.1) is 23.3 Å². The monoisotopic (exact) mass is 382 g/mol.